The van der Waals surface area contributed by atoms with E-state index < -0.39 is 10.0 Å². The van der Waals surface area contributed by atoms with Crippen molar-refractivity contribution in [2.24, 2.45) is 5.41 Å². The van der Waals surface area contributed by atoms with E-state index in [0.29, 0.717) is 17.0 Å². The summed E-state index contributed by atoms with van der Waals surface area (Å²) in [5.41, 5.74) is 2.61. The number of hydrogen-bond donors (Lipinski definition) is 3. The number of aromatic nitrogens is 3. The zero-order valence-corrected chi connectivity index (χ0v) is 18.5. The predicted octanol–water partition coefficient (Wildman–Crippen LogP) is 3.57. The van der Waals surface area contributed by atoms with E-state index in [2.05, 4.69) is 34.0 Å². The first-order chi connectivity index (χ1) is 13.6. The van der Waals surface area contributed by atoms with Crippen LogP contribution in [0.5, 0.6) is 0 Å². The average Bonchev–Trinajstić information content (AvgIpc) is 3.04. The van der Waals surface area contributed by atoms with Gasteiger partial charge in [0.25, 0.3) is 5.56 Å². The van der Waals surface area contributed by atoms with Crippen molar-refractivity contribution >= 4 is 16.1 Å². The number of rotatable bonds is 7. The molecule has 1 aromatic heterocycles. The molecule has 0 fully saturated rings. The summed E-state index contributed by atoms with van der Waals surface area (Å²) in [6, 6.07) is 0. The fourth-order valence-electron chi connectivity index (χ4n) is 3.30. The number of hydrogen-bond acceptors (Lipinski definition) is 4. The quantitative estimate of drug-likeness (QED) is 0.588. The molecular weight excluding hydrogens is 388 g/mol. The lowest BCUT2D eigenvalue weighted by atomic mass is 9.75. The number of nitrogens with one attached hydrogen (secondary N) is 3. The molecule has 8 heteroatoms. The minimum atomic E-state index is -3.45. The summed E-state index contributed by atoms with van der Waals surface area (Å²) in [6.07, 6.45) is 13.6. The summed E-state index contributed by atoms with van der Waals surface area (Å²) < 4.78 is 27.3. The molecule has 1 aliphatic rings. The maximum atomic E-state index is 12.4. The Labute approximate surface area is 172 Å². The zero-order valence-electron chi connectivity index (χ0n) is 17.7. The smallest absolute Gasteiger partial charge is 0.265 e. The lowest BCUT2D eigenvalue weighted by Crippen LogP contribution is -2.28. The third-order valence-electron chi connectivity index (χ3n) is 5.00. The number of H-pyrrole nitrogens is 2. The minimum Gasteiger partial charge on any atom is -0.265 e. The van der Waals surface area contributed by atoms with Crippen molar-refractivity contribution < 1.29 is 8.42 Å². The Hall–Kier alpha value is -2.45. The van der Waals surface area contributed by atoms with Crippen molar-refractivity contribution in [2.45, 2.75) is 47.0 Å². The van der Waals surface area contributed by atoms with Crippen LogP contribution in [0.2, 0.25) is 0 Å². The molecule has 0 aromatic carbocycles. The van der Waals surface area contributed by atoms with E-state index in [1.54, 1.807) is 6.08 Å². The van der Waals surface area contributed by atoms with Gasteiger partial charge in [-0.2, -0.15) is 5.10 Å². The van der Waals surface area contributed by atoms with Crippen LogP contribution in [0.3, 0.4) is 0 Å². The molecular formula is C21H30N4O3S. The third kappa shape index (κ3) is 6.01. The van der Waals surface area contributed by atoms with Gasteiger partial charge in [0.15, 0.2) is 5.69 Å². The van der Waals surface area contributed by atoms with Gasteiger partial charge in [-0.25, -0.2) is 23.5 Å². The first kappa shape index (κ1) is 22.8. The summed E-state index contributed by atoms with van der Waals surface area (Å²) in [5, 5.41) is 8.65. The monoisotopic (exact) mass is 418 g/mol. The molecule has 0 spiro atoms. The van der Waals surface area contributed by atoms with Crippen molar-refractivity contribution in [2.75, 3.05) is 7.05 Å². The lowest BCUT2D eigenvalue weighted by molar-refractivity contribution is 0.381. The average molecular weight is 419 g/mol. The largest absolute Gasteiger partial charge is 0.291 e. The standard InChI is InChI=1S/C21H30N4O3S/c1-15(8-6-9-16(2)14-18-20(26)24-25-23-18)11-12-17-19(29(27,28)22-5)10-7-13-21(17,3)4/h6,8-9,11-12,14,22H,7,10,13H2,1-5H3,(H2,23,24,25,26)/b9-6+,12-11+,15-8+,16-14+. The van der Waals surface area contributed by atoms with Gasteiger partial charge < -0.3 is 0 Å². The molecule has 0 atom stereocenters. The zero-order chi connectivity index (χ0) is 21.7. The van der Waals surface area contributed by atoms with Crippen LogP contribution in [0, 0.1) is 5.41 Å². The first-order valence-corrected chi connectivity index (χ1v) is 11.1. The van der Waals surface area contributed by atoms with Gasteiger partial charge in [0.1, 0.15) is 0 Å². The summed E-state index contributed by atoms with van der Waals surface area (Å²) >= 11 is 0. The van der Waals surface area contributed by atoms with Crippen LogP contribution in [-0.2, 0) is 10.0 Å². The topological polar surface area (TPSA) is 108 Å². The van der Waals surface area contributed by atoms with Crippen molar-refractivity contribution in [3.8, 4) is 0 Å². The maximum Gasteiger partial charge on any atom is 0.291 e. The van der Waals surface area contributed by atoms with E-state index in [9.17, 15) is 13.2 Å². The van der Waals surface area contributed by atoms with Gasteiger partial charge in [-0.05, 0) is 62.8 Å². The fraction of sp³-hybridized carbons (Fsp3) is 0.429. The van der Waals surface area contributed by atoms with Gasteiger partial charge in [0.05, 0.1) is 4.91 Å². The summed E-state index contributed by atoms with van der Waals surface area (Å²) in [5.74, 6) is 0. The molecule has 0 radical (unpaired) electrons. The maximum absolute atomic E-state index is 12.4. The molecule has 1 heterocycles. The van der Waals surface area contributed by atoms with Crippen molar-refractivity contribution in [1.29, 1.82) is 0 Å². The van der Waals surface area contributed by atoms with Gasteiger partial charge in [0.2, 0.25) is 10.0 Å². The van der Waals surface area contributed by atoms with E-state index in [0.717, 1.165) is 29.6 Å². The van der Waals surface area contributed by atoms with Gasteiger partial charge in [-0.15, -0.1) is 0 Å². The second-order valence-electron chi connectivity index (χ2n) is 7.84. The molecule has 0 bridgehead atoms. The van der Waals surface area contributed by atoms with Crippen LogP contribution in [-0.4, -0.2) is 30.9 Å². The third-order valence-corrected chi connectivity index (χ3v) is 6.61. The number of aromatic amines is 2. The van der Waals surface area contributed by atoms with Gasteiger partial charge >= 0.3 is 0 Å². The number of nitrogens with zero attached hydrogens (tertiary/aromatic N) is 1. The number of allylic oxidation sites excluding steroid dienone is 9. The Bertz CT molecular complexity index is 1050. The highest BCUT2D eigenvalue weighted by Gasteiger charge is 2.33. The van der Waals surface area contributed by atoms with Gasteiger partial charge in [0, 0.05) is 0 Å². The second-order valence-corrected chi connectivity index (χ2v) is 9.74. The Balaban J connectivity index is 2.23. The molecule has 0 unspecified atom stereocenters. The van der Waals surface area contributed by atoms with E-state index in [-0.39, 0.29) is 11.0 Å². The van der Waals surface area contributed by atoms with E-state index in [1.165, 1.54) is 7.05 Å². The minimum absolute atomic E-state index is 0.194. The molecule has 7 nitrogen and oxygen atoms in total. The molecule has 1 aromatic rings. The molecule has 1 aliphatic carbocycles. The lowest BCUT2D eigenvalue weighted by Gasteiger charge is -2.33. The Morgan fingerprint density at radius 2 is 1.93 bits per heavy atom. The van der Waals surface area contributed by atoms with Crippen LogP contribution in [0.25, 0.3) is 6.08 Å². The summed E-state index contributed by atoms with van der Waals surface area (Å²) in [4.78, 5) is 11.9. The normalized spacial score (nSPS) is 18.9. The van der Waals surface area contributed by atoms with Gasteiger partial charge in [-0.1, -0.05) is 49.8 Å². The van der Waals surface area contributed by atoms with Crippen LogP contribution in [0.15, 0.2) is 56.8 Å². The van der Waals surface area contributed by atoms with Crippen LogP contribution in [0.1, 0.15) is 52.7 Å². The van der Waals surface area contributed by atoms with Crippen LogP contribution in [0.4, 0.5) is 0 Å². The summed E-state index contributed by atoms with van der Waals surface area (Å²) in [6.45, 7) is 8.01. The van der Waals surface area contributed by atoms with E-state index in [1.807, 2.05) is 44.2 Å². The summed E-state index contributed by atoms with van der Waals surface area (Å²) in [7, 11) is -1.99. The van der Waals surface area contributed by atoms with E-state index >= 15 is 0 Å². The molecule has 29 heavy (non-hydrogen) atoms. The van der Waals surface area contributed by atoms with Gasteiger partial charge in [-0.3, -0.25) is 4.79 Å². The first-order valence-electron chi connectivity index (χ1n) is 9.58. The van der Waals surface area contributed by atoms with E-state index in [4.69, 9.17) is 0 Å². The molecule has 0 aliphatic heterocycles. The van der Waals surface area contributed by atoms with Crippen LogP contribution >= 0.6 is 0 Å². The molecule has 0 amide bonds. The molecule has 158 valence electrons. The highest BCUT2D eigenvalue weighted by Crippen LogP contribution is 2.42. The predicted molar refractivity (Wildman–Crippen MR) is 118 cm³/mol. The highest BCUT2D eigenvalue weighted by molar-refractivity contribution is 7.93. The molecule has 0 saturated heterocycles. The Morgan fingerprint density at radius 3 is 2.55 bits per heavy atom. The Morgan fingerprint density at radius 1 is 1.21 bits per heavy atom. The van der Waals surface area contributed by atoms with Crippen LogP contribution < -0.4 is 10.3 Å². The van der Waals surface area contributed by atoms with Crippen molar-refractivity contribution in [3.63, 3.8) is 0 Å². The second kappa shape index (κ2) is 9.37. The number of sulfonamides is 1. The molecule has 0 saturated carbocycles. The molecule has 2 rings (SSSR count). The Kier molecular flexibility index (Phi) is 7.37. The fourth-order valence-corrected chi connectivity index (χ4v) is 4.59. The highest BCUT2D eigenvalue weighted by atomic mass is 32.2. The molecule has 3 N–H and O–H groups in total. The SMILES string of the molecule is CNS(=O)(=O)C1=C(/C=C/C(C)=C/C=C/C(C)=C/c2n[nH][nH]c2=O)C(C)(C)CCC1. The van der Waals surface area contributed by atoms with Crippen molar-refractivity contribution in [1.82, 2.24) is 20.1 Å². The van der Waals surface area contributed by atoms with Crippen molar-refractivity contribution in [3.05, 3.63) is 68.1 Å².